The van der Waals surface area contributed by atoms with Gasteiger partial charge in [-0.15, -0.1) is 0 Å². The fourth-order valence-corrected chi connectivity index (χ4v) is 8.10. The average Bonchev–Trinajstić information content (AvgIpc) is 3.63. The third-order valence-electron chi connectivity index (χ3n) is 8.27. The number of carbonyl (C=O) groups excluding carboxylic acids is 1. The Labute approximate surface area is 245 Å². The minimum Gasteiger partial charge on any atom is -0.462 e. The van der Waals surface area contributed by atoms with Gasteiger partial charge in [-0.1, -0.05) is 65.9 Å². The van der Waals surface area contributed by atoms with Crippen LogP contribution in [0.15, 0.2) is 93.4 Å². The van der Waals surface area contributed by atoms with Crippen molar-refractivity contribution in [1.82, 2.24) is 0 Å². The standard InChI is InChI=1S/C34H37N2O2S2/c1-35-28-12-6-8-14-30(28)39-32(35)21-18-24-16-17-25(19-22-33-36(2)29-13-7-9-15-31(29)40-33)27(24)20-23-34(37)38-26-10-4-3-5-11-26/h6-9,12-15,18-19,21-22,26H,3-5,10-11,16-17,20,23H2,1-2H3/q+1. The lowest BCUT2D eigenvalue weighted by Gasteiger charge is -2.21. The van der Waals surface area contributed by atoms with Gasteiger partial charge in [0.15, 0.2) is 0 Å². The van der Waals surface area contributed by atoms with Gasteiger partial charge in [0, 0.05) is 30.5 Å². The summed E-state index contributed by atoms with van der Waals surface area (Å²) in [6.45, 7) is 0. The van der Waals surface area contributed by atoms with E-state index in [0.29, 0.717) is 6.42 Å². The van der Waals surface area contributed by atoms with Crippen LogP contribution in [0.2, 0.25) is 0 Å². The van der Waals surface area contributed by atoms with Crippen LogP contribution in [-0.2, 0) is 16.6 Å². The van der Waals surface area contributed by atoms with Crippen molar-refractivity contribution in [3.8, 4) is 0 Å². The molecule has 0 spiro atoms. The summed E-state index contributed by atoms with van der Waals surface area (Å²) in [7, 11) is 4.27. The highest BCUT2D eigenvalue weighted by atomic mass is 32.2. The van der Waals surface area contributed by atoms with Gasteiger partial charge in [-0.3, -0.25) is 4.79 Å². The van der Waals surface area contributed by atoms with Gasteiger partial charge >= 0.3 is 5.97 Å². The van der Waals surface area contributed by atoms with Crippen molar-refractivity contribution in [2.24, 2.45) is 7.05 Å². The lowest BCUT2D eigenvalue weighted by atomic mass is 9.97. The van der Waals surface area contributed by atoms with E-state index in [-0.39, 0.29) is 12.1 Å². The monoisotopic (exact) mass is 569 g/mol. The second-order valence-electron chi connectivity index (χ2n) is 10.9. The molecule has 0 radical (unpaired) electrons. The number of thiazole rings is 1. The Morgan fingerprint density at radius 1 is 1.02 bits per heavy atom. The van der Waals surface area contributed by atoms with Gasteiger partial charge in [-0.25, -0.2) is 0 Å². The Balaban J connectivity index is 1.25. The predicted octanol–water partition coefficient (Wildman–Crippen LogP) is 8.50. The Morgan fingerprint density at radius 2 is 1.82 bits per heavy atom. The molecule has 6 heteroatoms. The fourth-order valence-electron chi connectivity index (χ4n) is 6.00. The molecule has 40 heavy (non-hydrogen) atoms. The number of allylic oxidation sites excluding steroid dienone is 6. The molecule has 3 aromatic rings. The van der Waals surface area contributed by atoms with Crippen LogP contribution in [0, 0.1) is 0 Å². The molecule has 0 amide bonds. The Kier molecular flexibility index (Phi) is 8.26. The van der Waals surface area contributed by atoms with Crippen molar-refractivity contribution in [3.05, 3.63) is 93.5 Å². The molecular formula is C34H37N2O2S2+. The molecule has 6 rings (SSSR count). The normalized spacial score (nSPS) is 20.0. The zero-order chi connectivity index (χ0) is 27.5. The third kappa shape index (κ3) is 5.84. The first kappa shape index (κ1) is 27.1. The number of aromatic nitrogens is 1. The lowest BCUT2D eigenvalue weighted by molar-refractivity contribution is -0.642. The number of nitrogens with zero attached hydrogens (tertiary/aromatic N) is 2. The second-order valence-corrected chi connectivity index (χ2v) is 13.0. The van der Waals surface area contributed by atoms with E-state index in [1.807, 2.05) is 23.1 Å². The molecule has 4 nitrogen and oxygen atoms in total. The quantitative estimate of drug-likeness (QED) is 0.211. The maximum atomic E-state index is 12.8. The molecule has 1 saturated carbocycles. The summed E-state index contributed by atoms with van der Waals surface area (Å²) in [6, 6.07) is 17.1. The molecule has 0 atom stereocenters. The number of thioether (sulfide) groups is 1. The van der Waals surface area contributed by atoms with Crippen LogP contribution in [-0.4, -0.2) is 19.1 Å². The average molecular weight is 570 g/mol. The summed E-state index contributed by atoms with van der Waals surface area (Å²) in [5.74, 6) is -0.0511. The first-order valence-electron chi connectivity index (χ1n) is 14.5. The molecule has 2 heterocycles. The first-order valence-corrected chi connectivity index (χ1v) is 16.1. The summed E-state index contributed by atoms with van der Waals surface area (Å²) in [4.78, 5) is 16.4. The van der Waals surface area contributed by atoms with Gasteiger partial charge in [-0.05, 0) is 85.9 Å². The van der Waals surface area contributed by atoms with Crippen molar-refractivity contribution >= 4 is 51.0 Å². The number of benzene rings is 2. The summed E-state index contributed by atoms with van der Waals surface area (Å²) >= 11 is 3.63. The zero-order valence-corrected chi connectivity index (χ0v) is 25.0. The molecule has 0 unspecified atom stereocenters. The number of hydrogen-bond donors (Lipinski definition) is 0. The van der Waals surface area contributed by atoms with Gasteiger partial charge in [0.25, 0.3) is 5.01 Å². The maximum Gasteiger partial charge on any atom is 0.306 e. The van der Waals surface area contributed by atoms with E-state index in [2.05, 4.69) is 96.4 Å². The molecule has 2 aliphatic carbocycles. The van der Waals surface area contributed by atoms with E-state index >= 15 is 0 Å². The van der Waals surface area contributed by atoms with Crippen LogP contribution in [0.5, 0.6) is 0 Å². The number of anilines is 1. The van der Waals surface area contributed by atoms with Crippen molar-refractivity contribution in [3.63, 3.8) is 0 Å². The number of ether oxygens (including phenoxy) is 1. The highest BCUT2D eigenvalue weighted by Gasteiger charge is 2.24. The van der Waals surface area contributed by atoms with Gasteiger partial charge in [0.2, 0.25) is 5.52 Å². The fraction of sp³-hybridized carbons (Fsp3) is 0.353. The van der Waals surface area contributed by atoms with E-state index < -0.39 is 0 Å². The van der Waals surface area contributed by atoms with E-state index in [9.17, 15) is 4.79 Å². The zero-order valence-electron chi connectivity index (χ0n) is 23.4. The van der Waals surface area contributed by atoms with Gasteiger partial charge < -0.3 is 9.64 Å². The number of aryl methyl sites for hydroxylation is 1. The largest absolute Gasteiger partial charge is 0.462 e. The second kappa shape index (κ2) is 12.2. The van der Waals surface area contributed by atoms with E-state index in [1.165, 1.54) is 66.8 Å². The van der Waals surface area contributed by atoms with Crippen LogP contribution >= 0.6 is 23.1 Å². The number of para-hydroxylation sites is 2. The number of carbonyl (C=O) groups is 1. The van der Waals surface area contributed by atoms with Gasteiger partial charge in [0.05, 0.1) is 10.7 Å². The Morgan fingerprint density at radius 3 is 2.65 bits per heavy atom. The molecule has 2 aromatic carbocycles. The smallest absolute Gasteiger partial charge is 0.306 e. The maximum absolute atomic E-state index is 12.8. The topological polar surface area (TPSA) is 33.4 Å². The van der Waals surface area contributed by atoms with Crippen LogP contribution in [0.3, 0.4) is 0 Å². The van der Waals surface area contributed by atoms with Crippen molar-refractivity contribution < 1.29 is 14.1 Å². The number of esters is 1. The molecule has 0 bridgehead atoms. The highest BCUT2D eigenvalue weighted by Crippen LogP contribution is 2.45. The van der Waals surface area contributed by atoms with Crippen molar-refractivity contribution in [2.75, 3.05) is 11.9 Å². The number of rotatable bonds is 7. The predicted molar refractivity (Wildman–Crippen MR) is 167 cm³/mol. The molecule has 1 aliphatic heterocycles. The van der Waals surface area contributed by atoms with Gasteiger partial charge in [-0.2, -0.15) is 4.57 Å². The summed E-state index contributed by atoms with van der Waals surface area (Å²) < 4.78 is 9.43. The van der Waals surface area contributed by atoms with Crippen LogP contribution < -0.4 is 9.47 Å². The Bertz CT molecular complexity index is 1540. The van der Waals surface area contributed by atoms with Crippen LogP contribution in [0.4, 0.5) is 5.69 Å². The lowest BCUT2D eigenvalue weighted by Crippen LogP contribution is -2.28. The third-order valence-corrected chi connectivity index (χ3v) is 10.6. The van der Waals surface area contributed by atoms with E-state index in [1.54, 1.807) is 0 Å². The van der Waals surface area contributed by atoms with E-state index in [4.69, 9.17) is 4.74 Å². The van der Waals surface area contributed by atoms with E-state index in [0.717, 1.165) is 32.1 Å². The number of hydrogen-bond acceptors (Lipinski definition) is 5. The molecule has 1 aromatic heterocycles. The molecular weight excluding hydrogens is 533 g/mol. The van der Waals surface area contributed by atoms with Crippen LogP contribution in [0.1, 0.15) is 62.8 Å². The molecule has 0 N–H and O–H groups in total. The molecule has 0 saturated heterocycles. The van der Waals surface area contributed by atoms with Crippen LogP contribution in [0.25, 0.3) is 16.3 Å². The molecule has 206 valence electrons. The minimum absolute atomic E-state index is 0.0511. The van der Waals surface area contributed by atoms with Crippen molar-refractivity contribution in [1.29, 1.82) is 0 Å². The van der Waals surface area contributed by atoms with Gasteiger partial charge in [0.1, 0.15) is 17.9 Å². The summed E-state index contributed by atoms with van der Waals surface area (Å²) in [6.07, 6.45) is 18.0. The SMILES string of the molecule is CN1C(=CC=C2CCC(C=Cc3sc4ccccc4[n+]3C)=C2CCC(=O)OC2CCCCC2)Sc2ccccc21. The Hall–Kier alpha value is -3.09. The van der Waals surface area contributed by atoms with Crippen molar-refractivity contribution in [2.45, 2.75) is 68.8 Å². The first-order chi connectivity index (χ1) is 19.6. The number of fused-ring (bicyclic) bond motifs is 2. The summed E-state index contributed by atoms with van der Waals surface area (Å²) in [5.41, 5.74) is 6.49. The molecule has 3 aliphatic rings. The summed E-state index contributed by atoms with van der Waals surface area (Å²) in [5, 5.41) is 2.46. The highest BCUT2D eigenvalue weighted by molar-refractivity contribution is 8.03. The molecule has 1 fully saturated rings. The minimum atomic E-state index is -0.0511.